The van der Waals surface area contributed by atoms with E-state index < -0.39 is 46.9 Å². The fourth-order valence-electron chi connectivity index (χ4n) is 1.12. The number of carbonyl (C=O) groups excluding carboxylic acids is 2. The Morgan fingerprint density at radius 3 is 2.47 bits per heavy atom. The third-order valence-corrected chi connectivity index (χ3v) is 2.29. The second-order valence-corrected chi connectivity index (χ2v) is 4.26. The van der Waals surface area contributed by atoms with Gasteiger partial charge in [-0.2, -0.15) is 0 Å². The summed E-state index contributed by atoms with van der Waals surface area (Å²) in [6.45, 7) is 0.943. The molecule has 0 saturated heterocycles. The van der Waals surface area contributed by atoms with Gasteiger partial charge >= 0.3 is 0 Å². The topological polar surface area (TPSA) is 58.2 Å². The molecule has 2 amide bonds. The van der Waals surface area contributed by atoms with Gasteiger partial charge < -0.3 is 10.6 Å². The van der Waals surface area contributed by atoms with Crippen molar-refractivity contribution in [3.05, 3.63) is 29.6 Å². The van der Waals surface area contributed by atoms with Gasteiger partial charge in [0.1, 0.15) is 5.38 Å². The van der Waals surface area contributed by atoms with Crippen molar-refractivity contribution in [1.29, 1.82) is 0 Å². The van der Waals surface area contributed by atoms with E-state index in [1.165, 1.54) is 6.92 Å². The van der Waals surface area contributed by atoms with Crippen LogP contribution in [-0.2, 0) is 9.59 Å². The molecule has 0 fully saturated rings. The minimum absolute atomic E-state index is 0.464. The number of halogens is 4. The van der Waals surface area contributed by atoms with Crippen molar-refractivity contribution in [3.8, 4) is 0 Å². The third kappa shape index (κ3) is 4.13. The molecular weight excluding hydrogens is 285 g/mol. The SMILES string of the molecule is C[C@@H](Cl)C(=O)NCC(=O)Nc1ccc(F)c(F)c1F. The zero-order chi connectivity index (χ0) is 14.6. The number of amides is 2. The first-order valence-electron chi connectivity index (χ1n) is 5.18. The van der Waals surface area contributed by atoms with Crippen LogP contribution in [0.25, 0.3) is 0 Å². The second-order valence-electron chi connectivity index (χ2n) is 3.60. The number of benzene rings is 1. The molecular formula is C11H10ClF3N2O2. The van der Waals surface area contributed by atoms with Gasteiger partial charge in [0.25, 0.3) is 0 Å². The lowest BCUT2D eigenvalue weighted by Gasteiger charge is -2.09. The summed E-state index contributed by atoms with van der Waals surface area (Å²) >= 11 is 5.44. The van der Waals surface area contributed by atoms with Gasteiger partial charge in [-0.3, -0.25) is 9.59 Å². The number of rotatable bonds is 4. The Morgan fingerprint density at radius 1 is 1.26 bits per heavy atom. The van der Waals surface area contributed by atoms with E-state index in [9.17, 15) is 22.8 Å². The van der Waals surface area contributed by atoms with Gasteiger partial charge in [0.15, 0.2) is 17.5 Å². The van der Waals surface area contributed by atoms with E-state index in [1.807, 2.05) is 5.32 Å². The molecule has 4 nitrogen and oxygen atoms in total. The maximum absolute atomic E-state index is 13.2. The Hall–Kier alpha value is -1.76. The number of carbonyl (C=O) groups is 2. The van der Waals surface area contributed by atoms with Crippen LogP contribution in [0.3, 0.4) is 0 Å². The summed E-state index contributed by atoms with van der Waals surface area (Å²) in [7, 11) is 0. The first-order valence-corrected chi connectivity index (χ1v) is 5.61. The van der Waals surface area contributed by atoms with Crippen LogP contribution < -0.4 is 10.6 Å². The first kappa shape index (κ1) is 15.3. The highest BCUT2D eigenvalue weighted by atomic mass is 35.5. The molecule has 0 spiro atoms. The minimum Gasteiger partial charge on any atom is -0.346 e. The number of alkyl halides is 1. The summed E-state index contributed by atoms with van der Waals surface area (Å²) < 4.78 is 38.7. The van der Waals surface area contributed by atoms with E-state index in [2.05, 4.69) is 5.32 Å². The fraction of sp³-hybridized carbons (Fsp3) is 0.273. The zero-order valence-electron chi connectivity index (χ0n) is 9.77. The van der Waals surface area contributed by atoms with Crippen molar-refractivity contribution < 1.29 is 22.8 Å². The number of hydrogen-bond acceptors (Lipinski definition) is 2. The van der Waals surface area contributed by atoms with Gasteiger partial charge in [-0.05, 0) is 19.1 Å². The van der Waals surface area contributed by atoms with Crippen molar-refractivity contribution in [2.24, 2.45) is 0 Å². The van der Waals surface area contributed by atoms with Gasteiger partial charge in [0.05, 0.1) is 12.2 Å². The summed E-state index contributed by atoms with van der Waals surface area (Å²) in [4.78, 5) is 22.4. The Morgan fingerprint density at radius 2 is 1.89 bits per heavy atom. The largest absolute Gasteiger partial charge is 0.346 e. The lowest BCUT2D eigenvalue weighted by molar-refractivity contribution is -0.123. The average Bonchev–Trinajstić information content (AvgIpc) is 2.36. The van der Waals surface area contributed by atoms with Crippen LogP contribution in [0.15, 0.2) is 12.1 Å². The van der Waals surface area contributed by atoms with Crippen LogP contribution in [0.5, 0.6) is 0 Å². The van der Waals surface area contributed by atoms with E-state index >= 15 is 0 Å². The molecule has 0 saturated carbocycles. The number of hydrogen-bond donors (Lipinski definition) is 2. The predicted molar refractivity (Wildman–Crippen MR) is 63.3 cm³/mol. The molecule has 0 aliphatic rings. The average molecular weight is 295 g/mol. The van der Waals surface area contributed by atoms with Gasteiger partial charge in [0, 0.05) is 0 Å². The van der Waals surface area contributed by atoms with Gasteiger partial charge in [-0.25, -0.2) is 13.2 Å². The van der Waals surface area contributed by atoms with Crippen LogP contribution in [0.4, 0.5) is 18.9 Å². The molecule has 2 N–H and O–H groups in total. The highest BCUT2D eigenvalue weighted by molar-refractivity contribution is 6.30. The molecule has 0 heterocycles. The zero-order valence-corrected chi connectivity index (χ0v) is 10.5. The quantitative estimate of drug-likeness (QED) is 0.657. The van der Waals surface area contributed by atoms with Crippen molar-refractivity contribution in [2.45, 2.75) is 12.3 Å². The molecule has 8 heteroatoms. The molecule has 1 atom stereocenters. The summed E-state index contributed by atoms with van der Waals surface area (Å²) in [6.07, 6.45) is 0. The minimum atomic E-state index is -1.68. The maximum Gasteiger partial charge on any atom is 0.243 e. The molecule has 19 heavy (non-hydrogen) atoms. The summed E-state index contributed by atoms with van der Waals surface area (Å²) in [5, 5.41) is 3.34. The molecule has 1 rings (SSSR count). The summed E-state index contributed by atoms with van der Waals surface area (Å²) in [5.41, 5.74) is -0.517. The second kappa shape index (κ2) is 6.42. The van der Waals surface area contributed by atoms with Crippen LogP contribution in [0.2, 0.25) is 0 Å². The molecule has 0 aliphatic heterocycles. The van der Waals surface area contributed by atoms with E-state index in [0.29, 0.717) is 6.07 Å². The smallest absolute Gasteiger partial charge is 0.243 e. The van der Waals surface area contributed by atoms with Crippen LogP contribution in [-0.4, -0.2) is 23.7 Å². The molecule has 0 unspecified atom stereocenters. The van der Waals surface area contributed by atoms with E-state index in [-0.39, 0.29) is 0 Å². The Labute approximate surface area is 111 Å². The van der Waals surface area contributed by atoms with Crippen molar-refractivity contribution >= 4 is 29.1 Å². The standard InChI is InChI=1S/C11H10ClF3N2O2/c1-5(12)11(19)16-4-8(18)17-7-3-2-6(13)9(14)10(7)15/h2-3,5H,4H2,1H3,(H,16,19)(H,17,18)/t5-/m1/s1. The van der Waals surface area contributed by atoms with Crippen molar-refractivity contribution in [3.63, 3.8) is 0 Å². The molecule has 0 aromatic heterocycles. The maximum atomic E-state index is 13.2. The lowest BCUT2D eigenvalue weighted by Crippen LogP contribution is -2.36. The Balaban J connectivity index is 2.63. The van der Waals surface area contributed by atoms with Gasteiger partial charge in [-0.1, -0.05) is 0 Å². The normalized spacial score (nSPS) is 11.8. The predicted octanol–water partition coefficient (Wildman–Crippen LogP) is 1.79. The van der Waals surface area contributed by atoms with Crippen molar-refractivity contribution in [2.75, 3.05) is 11.9 Å². The fourth-order valence-corrected chi connectivity index (χ4v) is 1.20. The molecule has 0 bridgehead atoms. The number of nitrogens with one attached hydrogen (secondary N) is 2. The first-order chi connectivity index (χ1) is 8.82. The third-order valence-electron chi connectivity index (χ3n) is 2.09. The van der Waals surface area contributed by atoms with Crippen LogP contribution in [0.1, 0.15) is 6.92 Å². The van der Waals surface area contributed by atoms with Gasteiger partial charge in [-0.15, -0.1) is 11.6 Å². The van der Waals surface area contributed by atoms with Crippen molar-refractivity contribution in [1.82, 2.24) is 5.32 Å². The molecule has 1 aromatic carbocycles. The highest BCUT2D eigenvalue weighted by Crippen LogP contribution is 2.19. The molecule has 1 aromatic rings. The van der Waals surface area contributed by atoms with E-state index in [1.54, 1.807) is 0 Å². The lowest BCUT2D eigenvalue weighted by atomic mass is 10.2. The number of anilines is 1. The Bertz CT molecular complexity index is 509. The van der Waals surface area contributed by atoms with Gasteiger partial charge in [0.2, 0.25) is 11.8 Å². The Kier molecular flexibility index (Phi) is 5.17. The monoisotopic (exact) mass is 294 g/mol. The molecule has 0 aliphatic carbocycles. The highest BCUT2D eigenvalue weighted by Gasteiger charge is 2.16. The summed E-state index contributed by atoms with van der Waals surface area (Å²) in [5.74, 6) is -5.93. The molecule has 104 valence electrons. The van der Waals surface area contributed by atoms with Crippen LogP contribution >= 0.6 is 11.6 Å². The van der Waals surface area contributed by atoms with E-state index in [4.69, 9.17) is 11.6 Å². The summed E-state index contributed by atoms with van der Waals surface area (Å²) in [6, 6.07) is 1.55. The van der Waals surface area contributed by atoms with E-state index in [0.717, 1.165) is 6.07 Å². The van der Waals surface area contributed by atoms with Crippen LogP contribution in [0, 0.1) is 17.5 Å². The molecule has 0 radical (unpaired) electrons.